The van der Waals surface area contributed by atoms with Gasteiger partial charge in [-0.2, -0.15) is 0 Å². The van der Waals surface area contributed by atoms with Gasteiger partial charge in [0.1, 0.15) is 0 Å². The third-order valence-corrected chi connectivity index (χ3v) is 6.31. The molecule has 0 saturated carbocycles. The molecule has 2 rings (SSSR count). The van der Waals surface area contributed by atoms with Crippen molar-refractivity contribution in [1.82, 2.24) is 10.0 Å². The van der Waals surface area contributed by atoms with Crippen LogP contribution in [0.2, 0.25) is 0 Å². The Balaban J connectivity index is 1.85. The van der Waals surface area contributed by atoms with Crippen molar-refractivity contribution in [2.75, 3.05) is 7.05 Å². The van der Waals surface area contributed by atoms with Crippen molar-refractivity contribution < 1.29 is 13.2 Å². The molecular formula is C19H24N2O3S2. The first-order valence-corrected chi connectivity index (χ1v) is 10.8. The quantitative estimate of drug-likeness (QED) is 0.678. The van der Waals surface area contributed by atoms with Crippen LogP contribution in [-0.2, 0) is 27.1 Å². The van der Waals surface area contributed by atoms with E-state index in [2.05, 4.69) is 10.0 Å². The van der Waals surface area contributed by atoms with E-state index in [4.69, 9.17) is 0 Å². The number of thioether (sulfide) groups is 1. The molecule has 7 heteroatoms. The first kappa shape index (κ1) is 20.5. The summed E-state index contributed by atoms with van der Waals surface area (Å²) in [5.74, 6) is -0.0854. The zero-order chi connectivity index (χ0) is 19.2. The number of rotatable bonds is 8. The molecule has 0 bridgehead atoms. The molecule has 5 nitrogen and oxygen atoms in total. The normalized spacial score (nSPS) is 12.6. The Hall–Kier alpha value is -1.83. The molecule has 0 radical (unpaired) electrons. The Bertz CT molecular complexity index is 832. The van der Waals surface area contributed by atoms with Gasteiger partial charge in [0.15, 0.2) is 0 Å². The van der Waals surface area contributed by atoms with E-state index in [0.29, 0.717) is 12.1 Å². The van der Waals surface area contributed by atoms with Crippen LogP contribution in [0.5, 0.6) is 0 Å². The van der Waals surface area contributed by atoms with Crippen molar-refractivity contribution in [2.24, 2.45) is 0 Å². The number of amides is 1. The molecule has 0 saturated heterocycles. The first-order valence-electron chi connectivity index (χ1n) is 8.29. The Kier molecular flexibility index (Phi) is 7.25. The second-order valence-corrected chi connectivity index (χ2v) is 9.41. The van der Waals surface area contributed by atoms with Crippen LogP contribution in [0, 0.1) is 6.92 Å². The number of sulfonamides is 1. The summed E-state index contributed by atoms with van der Waals surface area (Å²) in [6, 6.07) is 15.3. The number of hydrogen-bond donors (Lipinski definition) is 2. The standard InChI is InChI=1S/C19H24N2O3S2/c1-14-4-10-18(11-5-14)25-15(2)19(22)21-12-16-6-8-17(9-7-16)13-26(23,24)20-3/h4-11,15,20H,12-13H2,1-3H3,(H,21,22)/t15-/m1/s1. The van der Waals surface area contributed by atoms with Gasteiger partial charge in [0.05, 0.1) is 11.0 Å². The lowest BCUT2D eigenvalue weighted by atomic mass is 10.1. The van der Waals surface area contributed by atoms with Gasteiger partial charge in [0.2, 0.25) is 15.9 Å². The molecule has 0 aromatic heterocycles. The molecule has 0 unspecified atom stereocenters. The minimum absolute atomic E-state index is 0.0302. The molecule has 0 fully saturated rings. The van der Waals surface area contributed by atoms with Crippen LogP contribution in [-0.4, -0.2) is 26.6 Å². The van der Waals surface area contributed by atoms with Crippen molar-refractivity contribution in [1.29, 1.82) is 0 Å². The second kappa shape index (κ2) is 9.21. The van der Waals surface area contributed by atoms with Crippen LogP contribution in [0.3, 0.4) is 0 Å². The highest BCUT2D eigenvalue weighted by atomic mass is 32.2. The average Bonchev–Trinajstić information content (AvgIpc) is 2.62. The van der Waals surface area contributed by atoms with Gasteiger partial charge in [0, 0.05) is 11.4 Å². The zero-order valence-electron chi connectivity index (χ0n) is 15.2. The highest BCUT2D eigenvalue weighted by Gasteiger charge is 2.14. The summed E-state index contributed by atoms with van der Waals surface area (Å²) in [5.41, 5.74) is 2.83. The van der Waals surface area contributed by atoms with Crippen LogP contribution in [0.15, 0.2) is 53.4 Å². The maximum atomic E-state index is 12.3. The summed E-state index contributed by atoms with van der Waals surface area (Å²) >= 11 is 1.52. The number of aryl methyl sites for hydroxylation is 1. The molecule has 0 aliphatic rings. The van der Waals surface area contributed by atoms with Crippen LogP contribution >= 0.6 is 11.8 Å². The van der Waals surface area contributed by atoms with E-state index in [-0.39, 0.29) is 16.9 Å². The fourth-order valence-electron chi connectivity index (χ4n) is 2.25. The molecule has 0 aliphatic carbocycles. The zero-order valence-corrected chi connectivity index (χ0v) is 16.8. The van der Waals surface area contributed by atoms with E-state index in [1.54, 1.807) is 12.1 Å². The molecule has 0 aliphatic heterocycles. The monoisotopic (exact) mass is 392 g/mol. The second-order valence-electron chi connectivity index (χ2n) is 6.07. The Labute approximate surface area is 159 Å². The topological polar surface area (TPSA) is 75.3 Å². The van der Waals surface area contributed by atoms with E-state index in [1.807, 2.05) is 50.2 Å². The summed E-state index contributed by atoms with van der Waals surface area (Å²) in [4.78, 5) is 13.3. The Morgan fingerprint density at radius 3 is 2.19 bits per heavy atom. The van der Waals surface area contributed by atoms with Crippen molar-refractivity contribution in [3.63, 3.8) is 0 Å². The summed E-state index contributed by atoms with van der Waals surface area (Å²) in [7, 11) is -1.88. The lowest BCUT2D eigenvalue weighted by molar-refractivity contribution is -0.120. The van der Waals surface area contributed by atoms with Gasteiger partial charge in [-0.3, -0.25) is 4.79 Å². The lowest BCUT2D eigenvalue weighted by Crippen LogP contribution is -2.30. The van der Waals surface area contributed by atoms with E-state index in [0.717, 1.165) is 10.5 Å². The van der Waals surface area contributed by atoms with Gasteiger partial charge in [-0.05, 0) is 44.2 Å². The molecule has 2 N–H and O–H groups in total. The van der Waals surface area contributed by atoms with Crippen LogP contribution in [0.25, 0.3) is 0 Å². The summed E-state index contributed by atoms with van der Waals surface area (Å²) < 4.78 is 25.4. The number of nitrogens with one attached hydrogen (secondary N) is 2. The predicted molar refractivity (Wildman–Crippen MR) is 106 cm³/mol. The third kappa shape index (κ3) is 6.48. The minimum Gasteiger partial charge on any atom is -0.351 e. The van der Waals surface area contributed by atoms with Crippen molar-refractivity contribution >= 4 is 27.7 Å². The molecule has 2 aromatic rings. The minimum atomic E-state index is -3.28. The SMILES string of the molecule is CNS(=O)(=O)Cc1ccc(CNC(=O)[C@@H](C)Sc2ccc(C)cc2)cc1. The lowest BCUT2D eigenvalue weighted by Gasteiger charge is -2.12. The van der Waals surface area contributed by atoms with E-state index in [1.165, 1.54) is 24.4 Å². The Morgan fingerprint density at radius 1 is 1.04 bits per heavy atom. The molecule has 140 valence electrons. The fourth-order valence-corrected chi connectivity index (χ4v) is 3.92. The van der Waals surface area contributed by atoms with Gasteiger partial charge < -0.3 is 5.32 Å². The van der Waals surface area contributed by atoms with Crippen LogP contribution in [0.4, 0.5) is 0 Å². The van der Waals surface area contributed by atoms with Gasteiger partial charge in [0.25, 0.3) is 0 Å². The molecule has 0 spiro atoms. The molecular weight excluding hydrogens is 368 g/mol. The summed E-state index contributed by atoms with van der Waals surface area (Å²) in [5, 5.41) is 2.72. The third-order valence-electron chi connectivity index (χ3n) is 3.86. The average molecular weight is 393 g/mol. The molecule has 26 heavy (non-hydrogen) atoms. The Morgan fingerprint density at radius 2 is 1.62 bits per heavy atom. The fraction of sp³-hybridized carbons (Fsp3) is 0.316. The number of carbonyl (C=O) groups is 1. The molecule has 0 heterocycles. The van der Waals surface area contributed by atoms with Gasteiger partial charge in [-0.1, -0.05) is 42.0 Å². The predicted octanol–water partition coefficient (Wildman–Crippen LogP) is 2.84. The molecule has 1 amide bonds. The summed E-state index contributed by atoms with van der Waals surface area (Å²) in [6.07, 6.45) is 0. The van der Waals surface area contributed by atoms with Gasteiger partial charge in [-0.25, -0.2) is 13.1 Å². The highest BCUT2D eigenvalue weighted by Crippen LogP contribution is 2.23. The largest absolute Gasteiger partial charge is 0.351 e. The van der Waals surface area contributed by atoms with Gasteiger partial charge in [-0.15, -0.1) is 11.8 Å². The van der Waals surface area contributed by atoms with Crippen molar-refractivity contribution in [3.8, 4) is 0 Å². The number of hydrogen-bond acceptors (Lipinski definition) is 4. The van der Waals surface area contributed by atoms with E-state index < -0.39 is 10.0 Å². The van der Waals surface area contributed by atoms with Crippen molar-refractivity contribution in [2.45, 2.75) is 36.3 Å². The highest BCUT2D eigenvalue weighted by molar-refractivity contribution is 8.00. The molecule has 1 atom stereocenters. The number of carbonyl (C=O) groups excluding carboxylic acids is 1. The van der Waals surface area contributed by atoms with Gasteiger partial charge >= 0.3 is 0 Å². The van der Waals surface area contributed by atoms with E-state index >= 15 is 0 Å². The van der Waals surface area contributed by atoms with Crippen LogP contribution < -0.4 is 10.0 Å². The van der Waals surface area contributed by atoms with Crippen molar-refractivity contribution in [3.05, 3.63) is 65.2 Å². The number of benzene rings is 2. The first-order chi connectivity index (χ1) is 12.3. The smallest absolute Gasteiger partial charge is 0.233 e. The maximum Gasteiger partial charge on any atom is 0.233 e. The van der Waals surface area contributed by atoms with Crippen LogP contribution in [0.1, 0.15) is 23.6 Å². The molecule has 2 aromatic carbocycles. The summed E-state index contributed by atoms with van der Waals surface area (Å²) in [6.45, 7) is 4.33. The maximum absolute atomic E-state index is 12.3. The van der Waals surface area contributed by atoms with E-state index in [9.17, 15) is 13.2 Å².